The molecule has 0 aliphatic heterocycles. The fourth-order valence-corrected chi connectivity index (χ4v) is 2.81. The summed E-state index contributed by atoms with van der Waals surface area (Å²) in [4.78, 5) is 24.7. The van der Waals surface area contributed by atoms with Crippen LogP contribution < -0.4 is 10.6 Å². The van der Waals surface area contributed by atoms with Gasteiger partial charge in [0.2, 0.25) is 5.91 Å². The van der Waals surface area contributed by atoms with Gasteiger partial charge in [0.05, 0.1) is 6.42 Å². The second-order valence-corrected chi connectivity index (χ2v) is 6.40. The molecule has 0 heterocycles. The molecule has 3 aromatic rings. The number of carbonyl (C=O) groups is 2. The fourth-order valence-electron chi connectivity index (χ4n) is 2.81. The van der Waals surface area contributed by atoms with Crippen molar-refractivity contribution in [2.75, 3.05) is 5.32 Å². The minimum atomic E-state index is -0.172. The number of aryl methyl sites for hydroxylation is 1. The van der Waals surface area contributed by atoms with Crippen molar-refractivity contribution in [3.05, 3.63) is 101 Å². The number of hydrogen-bond donors (Lipinski definition) is 2. The van der Waals surface area contributed by atoms with Crippen LogP contribution in [0.3, 0.4) is 0 Å². The van der Waals surface area contributed by atoms with Crippen LogP contribution in [-0.2, 0) is 17.8 Å². The lowest BCUT2D eigenvalue weighted by atomic mass is 10.1. The molecule has 0 aromatic heterocycles. The van der Waals surface area contributed by atoms with Gasteiger partial charge in [-0.2, -0.15) is 0 Å². The van der Waals surface area contributed by atoms with Crippen LogP contribution in [0, 0.1) is 6.92 Å². The molecule has 27 heavy (non-hydrogen) atoms. The minimum Gasteiger partial charge on any atom is -0.348 e. The molecule has 0 saturated heterocycles. The van der Waals surface area contributed by atoms with Crippen molar-refractivity contribution in [3.63, 3.8) is 0 Å². The average molecular weight is 358 g/mol. The Morgan fingerprint density at radius 3 is 2.37 bits per heavy atom. The molecule has 3 aromatic carbocycles. The van der Waals surface area contributed by atoms with Crippen molar-refractivity contribution in [1.82, 2.24) is 5.32 Å². The Kier molecular flexibility index (Phi) is 6.00. The van der Waals surface area contributed by atoms with E-state index in [-0.39, 0.29) is 11.8 Å². The summed E-state index contributed by atoms with van der Waals surface area (Å²) >= 11 is 0. The zero-order valence-electron chi connectivity index (χ0n) is 15.2. The van der Waals surface area contributed by atoms with E-state index in [4.69, 9.17) is 0 Å². The van der Waals surface area contributed by atoms with Gasteiger partial charge in [0, 0.05) is 17.8 Å². The molecule has 0 atom stereocenters. The van der Waals surface area contributed by atoms with E-state index < -0.39 is 0 Å². The second kappa shape index (κ2) is 8.81. The van der Waals surface area contributed by atoms with E-state index in [0.717, 1.165) is 16.7 Å². The molecule has 136 valence electrons. The fraction of sp³-hybridized carbons (Fsp3) is 0.130. The summed E-state index contributed by atoms with van der Waals surface area (Å²) in [7, 11) is 0. The van der Waals surface area contributed by atoms with Gasteiger partial charge in [-0.25, -0.2) is 0 Å². The Hall–Kier alpha value is -3.40. The molecule has 0 bridgehead atoms. The molecule has 0 spiro atoms. The van der Waals surface area contributed by atoms with E-state index in [1.807, 2.05) is 61.5 Å². The van der Waals surface area contributed by atoms with Crippen LogP contribution in [0.25, 0.3) is 0 Å². The molecule has 0 aliphatic rings. The van der Waals surface area contributed by atoms with Gasteiger partial charge < -0.3 is 10.6 Å². The summed E-state index contributed by atoms with van der Waals surface area (Å²) < 4.78 is 0. The van der Waals surface area contributed by atoms with Gasteiger partial charge >= 0.3 is 0 Å². The van der Waals surface area contributed by atoms with E-state index in [1.54, 1.807) is 24.3 Å². The zero-order chi connectivity index (χ0) is 19.1. The minimum absolute atomic E-state index is 0.105. The van der Waals surface area contributed by atoms with Crippen LogP contribution in [0.4, 0.5) is 5.69 Å². The molecule has 4 heteroatoms. The Morgan fingerprint density at radius 1 is 0.852 bits per heavy atom. The van der Waals surface area contributed by atoms with Crippen molar-refractivity contribution in [2.45, 2.75) is 19.9 Å². The quantitative estimate of drug-likeness (QED) is 0.697. The van der Waals surface area contributed by atoms with Crippen LogP contribution in [0.15, 0.2) is 78.9 Å². The lowest BCUT2D eigenvalue weighted by Crippen LogP contribution is -2.23. The van der Waals surface area contributed by atoms with E-state index >= 15 is 0 Å². The highest BCUT2D eigenvalue weighted by Gasteiger charge is 2.09. The summed E-state index contributed by atoms with van der Waals surface area (Å²) in [5.74, 6) is -0.278. The Labute approximate surface area is 159 Å². The average Bonchev–Trinajstić information content (AvgIpc) is 2.69. The smallest absolute Gasteiger partial charge is 0.251 e. The third-order valence-electron chi connectivity index (χ3n) is 4.32. The predicted molar refractivity (Wildman–Crippen MR) is 108 cm³/mol. The van der Waals surface area contributed by atoms with Crippen LogP contribution in [0.1, 0.15) is 27.0 Å². The van der Waals surface area contributed by atoms with Gasteiger partial charge in [-0.15, -0.1) is 0 Å². The van der Waals surface area contributed by atoms with Crippen molar-refractivity contribution in [1.29, 1.82) is 0 Å². The molecule has 0 saturated carbocycles. The predicted octanol–water partition coefficient (Wildman–Crippen LogP) is 4.11. The molecule has 3 rings (SSSR count). The molecule has 0 fully saturated rings. The summed E-state index contributed by atoms with van der Waals surface area (Å²) in [5.41, 5.74) is 4.24. The summed E-state index contributed by atoms with van der Waals surface area (Å²) in [6.07, 6.45) is 0.303. The number of anilines is 1. The van der Waals surface area contributed by atoms with E-state index in [0.29, 0.717) is 24.2 Å². The first kappa shape index (κ1) is 18.4. The summed E-state index contributed by atoms with van der Waals surface area (Å²) in [5, 5.41) is 5.76. The monoisotopic (exact) mass is 358 g/mol. The first-order valence-electron chi connectivity index (χ1n) is 8.88. The van der Waals surface area contributed by atoms with Crippen LogP contribution in [-0.4, -0.2) is 11.8 Å². The largest absolute Gasteiger partial charge is 0.348 e. The number of rotatable bonds is 6. The lowest BCUT2D eigenvalue weighted by Gasteiger charge is -2.09. The Bertz CT molecular complexity index is 936. The molecule has 0 unspecified atom stereocenters. The maximum atomic E-state index is 12.4. The molecule has 0 aliphatic carbocycles. The van der Waals surface area contributed by atoms with Crippen molar-refractivity contribution >= 4 is 17.5 Å². The molecular formula is C23H22N2O2. The van der Waals surface area contributed by atoms with Crippen LogP contribution in [0.2, 0.25) is 0 Å². The second-order valence-electron chi connectivity index (χ2n) is 6.40. The third kappa shape index (κ3) is 5.28. The molecule has 2 N–H and O–H groups in total. The van der Waals surface area contributed by atoms with E-state index in [9.17, 15) is 9.59 Å². The van der Waals surface area contributed by atoms with Gasteiger partial charge in [0.1, 0.15) is 0 Å². The van der Waals surface area contributed by atoms with Gasteiger partial charge in [-0.3, -0.25) is 9.59 Å². The molecule has 4 nitrogen and oxygen atoms in total. The molecule has 2 amide bonds. The van der Waals surface area contributed by atoms with Crippen LogP contribution in [0.5, 0.6) is 0 Å². The van der Waals surface area contributed by atoms with Gasteiger partial charge in [-0.1, -0.05) is 60.7 Å². The topological polar surface area (TPSA) is 58.2 Å². The Balaban J connectivity index is 1.60. The van der Waals surface area contributed by atoms with Crippen molar-refractivity contribution in [2.24, 2.45) is 0 Å². The highest BCUT2D eigenvalue weighted by atomic mass is 16.2. The van der Waals surface area contributed by atoms with E-state index in [1.165, 1.54) is 0 Å². The SMILES string of the molecule is Cc1ccccc1CC(=O)Nc1cccc(C(=O)NCc2ccccc2)c1. The number of carbonyl (C=O) groups excluding carboxylic acids is 2. The molecular weight excluding hydrogens is 336 g/mol. The summed E-state index contributed by atoms with van der Waals surface area (Å²) in [6, 6.07) is 24.5. The van der Waals surface area contributed by atoms with Crippen molar-refractivity contribution in [3.8, 4) is 0 Å². The lowest BCUT2D eigenvalue weighted by molar-refractivity contribution is -0.115. The number of amides is 2. The number of hydrogen-bond acceptors (Lipinski definition) is 2. The maximum absolute atomic E-state index is 12.4. The highest BCUT2D eigenvalue weighted by Crippen LogP contribution is 2.13. The van der Waals surface area contributed by atoms with Gasteiger partial charge in [0.25, 0.3) is 5.91 Å². The third-order valence-corrected chi connectivity index (χ3v) is 4.32. The number of nitrogens with one attached hydrogen (secondary N) is 2. The van der Waals surface area contributed by atoms with Crippen LogP contribution >= 0.6 is 0 Å². The standard InChI is InChI=1S/C23H22N2O2/c1-17-8-5-6-11-19(17)15-22(26)25-21-13-7-12-20(14-21)23(27)24-16-18-9-3-2-4-10-18/h2-14H,15-16H2,1H3,(H,24,27)(H,25,26). The first-order valence-corrected chi connectivity index (χ1v) is 8.88. The zero-order valence-corrected chi connectivity index (χ0v) is 15.2. The Morgan fingerprint density at radius 2 is 1.59 bits per heavy atom. The van der Waals surface area contributed by atoms with E-state index in [2.05, 4.69) is 10.6 Å². The summed E-state index contributed by atoms with van der Waals surface area (Å²) in [6.45, 7) is 2.45. The van der Waals surface area contributed by atoms with Crippen molar-refractivity contribution < 1.29 is 9.59 Å². The maximum Gasteiger partial charge on any atom is 0.251 e. The highest BCUT2D eigenvalue weighted by molar-refractivity contribution is 5.97. The molecule has 0 radical (unpaired) electrons. The number of benzene rings is 3. The van der Waals surface area contributed by atoms with Gasteiger partial charge in [-0.05, 0) is 41.8 Å². The first-order chi connectivity index (χ1) is 13.1. The normalized spacial score (nSPS) is 10.3. The van der Waals surface area contributed by atoms with Gasteiger partial charge in [0.15, 0.2) is 0 Å².